The van der Waals surface area contributed by atoms with Crippen LogP contribution in [0.2, 0.25) is 0 Å². The van der Waals surface area contributed by atoms with E-state index in [4.69, 9.17) is 10.5 Å². The molecule has 3 N–H and O–H groups in total. The second-order valence-corrected chi connectivity index (χ2v) is 5.33. The van der Waals surface area contributed by atoms with E-state index < -0.39 is 0 Å². The summed E-state index contributed by atoms with van der Waals surface area (Å²) in [4.78, 5) is 14.1. The lowest BCUT2D eigenvalue weighted by atomic mass is 10.2. The molecule has 21 heavy (non-hydrogen) atoms. The van der Waals surface area contributed by atoms with Crippen molar-refractivity contribution in [3.63, 3.8) is 0 Å². The molecule has 0 aliphatic carbocycles. The highest BCUT2D eigenvalue weighted by Crippen LogP contribution is 2.24. The van der Waals surface area contributed by atoms with Crippen LogP contribution in [0.1, 0.15) is 34.6 Å². The second kappa shape index (κ2) is 7.76. The summed E-state index contributed by atoms with van der Waals surface area (Å²) < 4.78 is 5.65. The third-order valence-electron chi connectivity index (χ3n) is 3.13. The molecular formula is C16H27N3O2. The van der Waals surface area contributed by atoms with Gasteiger partial charge in [0.1, 0.15) is 11.8 Å². The first-order valence-electron chi connectivity index (χ1n) is 7.49. The Bertz CT molecular complexity index is 471. The average molecular weight is 293 g/mol. The number of hydrogen-bond acceptors (Lipinski definition) is 4. The zero-order valence-corrected chi connectivity index (χ0v) is 13.6. The molecule has 0 aliphatic rings. The molecule has 0 aromatic heterocycles. The molecule has 1 amide bonds. The smallest absolute Gasteiger partial charge is 0.244 e. The summed E-state index contributed by atoms with van der Waals surface area (Å²) in [6.07, 6.45) is 0.0781. The van der Waals surface area contributed by atoms with Crippen molar-refractivity contribution in [2.75, 3.05) is 24.1 Å². The quantitative estimate of drug-likeness (QED) is 0.759. The Morgan fingerprint density at radius 1 is 1.24 bits per heavy atom. The monoisotopic (exact) mass is 293 g/mol. The standard InChI is InChI=1S/C16H27N3O2/c1-6-19(7-2)16(20)12(5)18-14-8-13(17)9-15(10-14)21-11(3)4/h8-12,18H,6-7,17H2,1-5H3. The number of anilines is 2. The predicted octanol–water partition coefficient (Wildman–Crippen LogP) is 2.72. The van der Waals surface area contributed by atoms with Crippen molar-refractivity contribution in [3.05, 3.63) is 18.2 Å². The Balaban J connectivity index is 2.82. The van der Waals surface area contributed by atoms with Gasteiger partial charge in [0.2, 0.25) is 5.91 Å². The first-order chi connectivity index (χ1) is 9.87. The Kier molecular flexibility index (Phi) is 6.34. The summed E-state index contributed by atoms with van der Waals surface area (Å²) in [6.45, 7) is 11.1. The lowest BCUT2D eigenvalue weighted by Crippen LogP contribution is -2.41. The van der Waals surface area contributed by atoms with Gasteiger partial charge in [0.15, 0.2) is 0 Å². The fourth-order valence-corrected chi connectivity index (χ4v) is 2.17. The molecule has 0 saturated heterocycles. The van der Waals surface area contributed by atoms with Gasteiger partial charge in [-0.15, -0.1) is 0 Å². The molecule has 0 aliphatic heterocycles. The molecule has 0 heterocycles. The highest BCUT2D eigenvalue weighted by atomic mass is 16.5. The lowest BCUT2D eigenvalue weighted by Gasteiger charge is -2.24. The molecular weight excluding hydrogens is 266 g/mol. The molecule has 0 bridgehead atoms. The topological polar surface area (TPSA) is 67.6 Å². The molecule has 1 aromatic rings. The van der Waals surface area contributed by atoms with Gasteiger partial charge in [-0.3, -0.25) is 4.79 Å². The van der Waals surface area contributed by atoms with Gasteiger partial charge >= 0.3 is 0 Å². The maximum absolute atomic E-state index is 12.3. The summed E-state index contributed by atoms with van der Waals surface area (Å²) in [5, 5.41) is 3.19. The number of carbonyl (C=O) groups excluding carboxylic acids is 1. The number of likely N-dealkylation sites (N-methyl/N-ethyl adjacent to an activating group) is 1. The van der Waals surface area contributed by atoms with E-state index in [-0.39, 0.29) is 18.1 Å². The highest BCUT2D eigenvalue weighted by Gasteiger charge is 2.18. The number of nitrogens with zero attached hydrogens (tertiary/aromatic N) is 1. The van der Waals surface area contributed by atoms with Crippen molar-refractivity contribution in [2.45, 2.75) is 46.8 Å². The van der Waals surface area contributed by atoms with Crippen LogP contribution in [0, 0.1) is 0 Å². The molecule has 0 fully saturated rings. The Labute approximate surface area is 127 Å². The largest absolute Gasteiger partial charge is 0.491 e. The third kappa shape index (κ3) is 5.17. The minimum atomic E-state index is -0.307. The van der Waals surface area contributed by atoms with Crippen LogP contribution in [-0.4, -0.2) is 36.0 Å². The normalized spacial score (nSPS) is 12.1. The van der Waals surface area contributed by atoms with Crippen LogP contribution in [0.3, 0.4) is 0 Å². The number of nitrogens with two attached hydrogens (primary N) is 1. The first kappa shape index (κ1) is 17.1. The second-order valence-electron chi connectivity index (χ2n) is 5.33. The van der Waals surface area contributed by atoms with E-state index in [2.05, 4.69) is 5.32 Å². The maximum atomic E-state index is 12.3. The highest BCUT2D eigenvalue weighted by molar-refractivity contribution is 5.84. The summed E-state index contributed by atoms with van der Waals surface area (Å²) >= 11 is 0. The zero-order valence-electron chi connectivity index (χ0n) is 13.6. The van der Waals surface area contributed by atoms with E-state index in [0.29, 0.717) is 24.5 Å². The van der Waals surface area contributed by atoms with Crippen LogP contribution in [0.5, 0.6) is 5.75 Å². The number of benzene rings is 1. The summed E-state index contributed by atoms with van der Waals surface area (Å²) in [7, 11) is 0. The number of hydrogen-bond donors (Lipinski definition) is 2. The molecule has 118 valence electrons. The van der Waals surface area contributed by atoms with E-state index >= 15 is 0 Å². The van der Waals surface area contributed by atoms with Crippen molar-refractivity contribution >= 4 is 17.3 Å². The van der Waals surface area contributed by atoms with Crippen LogP contribution in [-0.2, 0) is 4.79 Å². The summed E-state index contributed by atoms with van der Waals surface area (Å²) in [6, 6.07) is 5.14. The fourth-order valence-electron chi connectivity index (χ4n) is 2.17. The molecule has 0 radical (unpaired) electrons. The third-order valence-corrected chi connectivity index (χ3v) is 3.13. The molecule has 1 rings (SSSR count). The van der Waals surface area contributed by atoms with Crippen LogP contribution >= 0.6 is 0 Å². The van der Waals surface area contributed by atoms with Crippen LogP contribution in [0.25, 0.3) is 0 Å². The predicted molar refractivity (Wildman–Crippen MR) is 87.6 cm³/mol. The lowest BCUT2D eigenvalue weighted by molar-refractivity contribution is -0.131. The SMILES string of the molecule is CCN(CC)C(=O)C(C)Nc1cc(N)cc(OC(C)C)c1. The number of nitrogens with one attached hydrogen (secondary N) is 1. The van der Waals surface area contributed by atoms with Gasteiger partial charge < -0.3 is 20.7 Å². The number of rotatable bonds is 7. The molecule has 5 nitrogen and oxygen atoms in total. The number of amides is 1. The van der Waals surface area contributed by atoms with Crippen LogP contribution in [0.15, 0.2) is 18.2 Å². The van der Waals surface area contributed by atoms with Gasteiger partial charge in [0.05, 0.1) is 6.10 Å². The Morgan fingerprint density at radius 2 is 1.86 bits per heavy atom. The van der Waals surface area contributed by atoms with E-state index in [1.165, 1.54) is 0 Å². The Hall–Kier alpha value is -1.91. The summed E-state index contributed by atoms with van der Waals surface area (Å²) in [5.41, 5.74) is 7.28. The number of carbonyl (C=O) groups is 1. The van der Waals surface area contributed by atoms with Gasteiger partial charge in [-0.25, -0.2) is 0 Å². The number of ether oxygens (including phenoxy) is 1. The van der Waals surface area contributed by atoms with E-state index in [9.17, 15) is 4.79 Å². The van der Waals surface area contributed by atoms with Gasteiger partial charge in [-0.05, 0) is 40.7 Å². The van der Waals surface area contributed by atoms with Crippen LogP contribution in [0.4, 0.5) is 11.4 Å². The van der Waals surface area contributed by atoms with E-state index in [1.807, 2.05) is 40.7 Å². The molecule has 1 atom stereocenters. The fraction of sp³-hybridized carbons (Fsp3) is 0.562. The van der Waals surface area contributed by atoms with Crippen molar-refractivity contribution in [1.29, 1.82) is 0 Å². The van der Waals surface area contributed by atoms with Crippen LogP contribution < -0.4 is 15.8 Å². The van der Waals surface area contributed by atoms with Gasteiger partial charge in [0.25, 0.3) is 0 Å². The average Bonchev–Trinajstić information content (AvgIpc) is 2.38. The van der Waals surface area contributed by atoms with Crippen molar-refractivity contribution in [3.8, 4) is 5.75 Å². The first-order valence-corrected chi connectivity index (χ1v) is 7.49. The Morgan fingerprint density at radius 3 is 2.38 bits per heavy atom. The minimum absolute atomic E-state index is 0.0775. The molecule has 0 spiro atoms. The van der Waals surface area contributed by atoms with E-state index in [1.54, 1.807) is 17.0 Å². The van der Waals surface area contributed by atoms with Crippen molar-refractivity contribution in [2.24, 2.45) is 0 Å². The van der Waals surface area contributed by atoms with Crippen molar-refractivity contribution in [1.82, 2.24) is 4.90 Å². The van der Waals surface area contributed by atoms with Gasteiger partial charge in [0, 0.05) is 36.6 Å². The van der Waals surface area contributed by atoms with Crippen molar-refractivity contribution < 1.29 is 9.53 Å². The molecule has 5 heteroatoms. The minimum Gasteiger partial charge on any atom is -0.491 e. The number of nitrogen functional groups attached to an aromatic ring is 1. The molecule has 1 aromatic carbocycles. The molecule has 1 unspecified atom stereocenters. The zero-order chi connectivity index (χ0) is 16.0. The van der Waals surface area contributed by atoms with E-state index in [0.717, 1.165) is 5.69 Å². The summed E-state index contributed by atoms with van der Waals surface area (Å²) in [5.74, 6) is 0.781. The van der Waals surface area contributed by atoms with Gasteiger partial charge in [-0.2, -0.15) is 0 Å². The maximum Gasteiger partial charge on any atom is 0.244 e. The molecule has 0 saturated carbocycles. The van der Waals surface area contributed by atoms with Gasteiger partial charge in [-0.1, -0.05) is 0 Å².